The predicted octanol–water partition coefficient (Wildman–Crippen LogP) is -0.761. The minimum atomic E-state index is -0.526. The quantitative estimate of drug-likeness (QED) is 0.467. The van der Waals surface area contributed by atoms with Crippen LogP contribution in [0.1, 0.15) is 13.3 Å². The molecule has 0 aromatic heterocycles. The van der Waals surface area contributed by atoms with Gasteiger partial charge in [0.15, 0.2) is 0 Å². The summed E-state index contributed by atoms with van der Waals surface area (Å²) in [5, 5.41) is 0. The summed E-state index contributed by atoms with van der Waals surface area (Å²) in [4.78, 5) is 36.9. The van der Waals surface area contributed by atoms with Crippen LogP contribution in [0.2, 0.25) is 0 Å². The number of nitrogens with zero attached hydrogens (tertiary/aromatic N) is 2. The van der Waals surface area contributed by atoms with Crippen molar-refractivity contribution < 1.29 is 19.1 Å². The highest BCUT2D eigenvalue weighted by Gasteiger charge is 2.39. The zero-order chi connectivity index (χ0) is 12.3. The molecule has 1 aliphatic heterocycles. The summed E-state index contributed by atoms with van der Waals surface area (Å²) in [6.45, 7) is 2.39. The van der Waals surface area contributed by atoms with E-state index in [0.717, 1.165) is 4.90 Å². The average Bonchev–Trinajstić information content (AvgIpc) is 2.53. The molecule has 0 aliphatic carbocycles. The number of hydrogen-bond acceptors (Lipinski definition) is 5. The van der Waals surface area contributed by atoms with Gasteiger partial charge in [0.1, 0.15) is 0 Å². The second-order valence-corrected chi connectivity index (χ2v) is 3.65. The topological polar surface area (TPSA) is 66.9 Å². The highest BCUT2D eigenvalue weighted by Crippen LogP contribution is 2.16. The molecule has 2 amide bonds. The van der Waals surface area contributed by atoms with Crippen LogP contribution in [-0.4, -0.2) is 60.9 Å². The number of imide groups is 1. The lowest BCUT2D eigenvalue weighted by Crippen LogP contribution is -2.43. The molecule has 6 heteroatoms. The van der Waals surface area contributed by atoms with Crippen LogP contribution >= 0.6 is 0 Å². The van der Waals surface area contributed by atoms with Gasteiger partial charge in [-0.3, -0.25) is 24.2 Å². The third kappa shape index (κ3) is 2.38. The molecule has 0 aromatic carbocycles. The molecule has 0 saturated carbocycles. The number of rotatable bonds is 4. The maximum atomic E-state index is 11.7. The van der Waals surface area contributed by atoms with Crippen LogP contribution in [0, 0.1) is 0 Å². The van der Waals surface area contributed by atoms with Crippen LogP contribution in [0.4, 0.5) is 0 Å². The highest BCUT2D eigenvalue weighted by molar-refractivity contribution is 6.05. The van der Waals surface area contributed by atoms with Gasteiger partial charge < -0.3 is 4.74 Å². The Balaban J connectivity index is 2.71. The number of hydrogen-bond donors (Lipinski definition) is 0. The third-order valence-corrected chi connectivity index (χ3v) is 2.76. The smallest absolute Gasteiger partial charge is 0.319 e. The zero-order valence-corrected chi connectivity index (χ0v) is 9.73. The van der Waals surface area contributed by atoms with E-state index in [9.17, 15) is 14.4 Å². The summed E-state index contributed by atoms with van der Waals surface area (Å²) in [6, 6.07) is -0.526. The number of amides is 2. The number of methoxy groups -OCH3 is 1. The van der Waals surface area contributed by atoms with Gasteiger partial charge in [0.2, 0.25) is 11.8 Å². The van der Waals surface area contributed by atoms with E-state index >= 15 is 0 Å². The van der Waals surface area contributed by atoms with Crippen molar-refractivity contribution >= 4 is 17.8 Å². The molecular formula is C10H16N2O4. The van der Waals surface area contributed by atoms with Gasteiger partial charge in [0, 0.05) is 7.05 Å². The van der Waals surface area contributed by atoms with Crippen molar-refractivity contribution in [1.82, 2.24) is 9.80 Å². The number of likely N-dealkylation sites (N-methyl/N-ethyl adjacent to an activating group) is 2. The second kappa shape index (κ2) is 5.07. The van der Waals surface area contributed by atoms with Gasteiger partial charge in [-0.15, -0.1) is 0 Å². The molecule has 0 aromatic rings. The van der Waals surface area contributed by atoms with Crippen molar-refractivity contribution in [3.05, 3.63) is 0 Å². The summed E-state index contributed by atoms with van der Waals surface area (Å²) in [7, 11) is 2.75. The first kappa shape index (κ1) is 12.6. The predicted molar refractivity (Wildman–Crippen MR) is 55.4 cm³/mol. The van der Waals surface area contributed by atoms with E-state index in [0.29, 0.717) is 6.54 Å². The Bertz CT molecular complexity index is 316. The van der Waals surface area contributed by atoms with Crippen LogP contribution in [0.25, 0.3) is 0 Å². The summed E-state index contributed by atoms with van der Waals surface area (Å²) in [5.74, 6) is -0.870. The van der Waals surface area contributed by atoms with Crippen LogP contribution in [-0.2, 0) is 19.1 Å². The molecular weight excluding hydrogens is 212 g/mol. The lowest BCUT2D eigenvalue weighted by Gasteiger charge is -2.23. The monoisotopic (exact) mass is 228 g/mol. The van der Waals surface area contributed by atoms with Crippen molar-refractivity contribution in [2.45, 2.75) is 19.4 Å². The fourth-order valence-corrected chi connectivity index (χ4v) is 1.69. The second-order valence-electron chi connectivity index (χ2n) is 3.65. The van der Waals surface area contributed by atoms with E-state index in [1.165, 1.54) is 14.2 Å². The Morgan fingerprint density at radius 3 is 2.56 bits per heavy atom. The maximum absolute atomic E-state index is 11.7. The van der Waals surface area contributed by atoms with E-state index in [-0.39, 0.29) is 24.8 Å². The molecule has 90 valence electrons. The summed E-state index contributed by atoms with van der Waals surface area (Å²) >= 11 is 0. The largest absolute Gasteiger partial charge is 0.468 e. The average molecular weight is 228 g/mol. The summed E-state index contributed by atoms with van der Waals surface area (Å²) in [6.07, 6.45) is 0.139. The molecule has 1 heterocycles. The minimum Gasteiger partial charge on any atom is -0.468 e. The number of carbonyl (C=O) groups excluding carboxylic acids is 3. The molecule has 1 rings (SSSR count). The molecule has 1 atom stereocenters. The summed E-state index contributed by atoms with van der Waals surface area (Å²) < 4.78 is 4.54. The van der Waals surface area contributed by atoms with Crippen molar-refractivity contribution in [3.8, 4) is 0 Å². The Morgan fingerprint density at radius 1 is 1.56 bits per heavy atom. The van der Waals surface area contributed by atoms with Gasteiger partial charge in [0.25, 0.3) is 0 Å². The normalized spacial score (nSPS) is 20.8. The van der Waals surface area contributed by atoms with E-state index in [1.807, 2.05) is 6.92 Å². The molecule has 6 nitrogen and oxygen atoms in total. The third-order valence-electron chi connectivity index (χ3n) is 2.76. The molecule has 0 radical (unpaired) electrons. The van der Waals surface area contributed by atoms with Gasteiger partial charge in [0.05, 0.1) is 26.1 Å². The Labute approximate surface area is 94.1 Å². The van der Waals surface area contributed by atoms with Gasteiger partial charge in [-0.05, 0) is 6.54 Å². The first-order valence-corrected chi connectivity index (χ1v) is 5.12. The lowest BCUT2D eigenvalue weighted by atomic mass is 10.2. The van der Waals surface area contributed by atoms with Gasteiger partial charge in [-0.2, -0.15) is 0 Å². The molecule has 0 N–H and O–H groups in total. The van der Waals surface area contributed by atoms with Crippen molar-refractivity contribution in [2.75, 3.05) is 27.2 Å². The van der Waals surface area contributed by atoms with Gasteiger partial charge in [-0.1, -0.05) is 6.92 Å². The molecule has 1 fully saturated rings. The van der Waals surface area contributed by atoms with E-state index in [4.69, 9.17) is 0 Å². The van der Waals surface area contributed by atoms with E-state index < -0.39 is 12.0 Å². The highest BCUT2D eigenvalue weighted by atomic mass is 16.5. The molecule has 1 aliphatic rings. The first-order chi connectivity index (χ1) is 7.51. The fourth-order valence-electron chi connectivity index (χ4n) is 1.69. The van der Waals surface area contributed by atoms with Gasteiger partial charge >= 0.3 is 5.97 Å². The standard InChI is InChI=1S/C10H16N2O4/c1-4-12(6-9(14)16-3)7-5-8(13)11(2)10(7)15/h7H,4-6H2,1-3H3. The first-order valence-electron chi connectivity index (χ1n) is 5.12. The number of carbonyl (C=O) groups is 3. The molecule has 0 spiro atoms. The SMILES string of the molecule is CCN(CC(=O)OC)C1CC(=O)N(C)C1=O. The number of likely N-dealkylation sites (tertiary alicyclic amines) is 1. The fraction of sp³-hybridized carbons (Fsp3) is 0.700. The van der Waals surface area contributed by atoms with Crippen LogP contribution in [0.5, 0.6) is 0 Å². The number of ether oxygens (including phenoxy) is 1. The Morgan fingerprint density at radius 2 is 2.19 bits per heavy atom. The van der Waals surface area contributed by atoms with Gasteiger partial charge in [-0.25, -0.2) is 0 Å². The number of esters is 1. The van der Waals surface area contributed by atoms with Crippen molar-refractivity contribution in [2.24, 2.45) is 0 Å². The lowest BCUT2D eigenvalue weighted by molar-refractivity contribution is -0.143. The van der Waals surface area contributed by atoms with Crippen molar-refractivity contribution in [1.29, 1.82) is 0 Å². The van der Waals surface area contributed by atoms with E-state index in [1.54, 1.807) is 4.90 Å². The Kier molecular flexibility index (Phi) is 4.00. The Hall–Kier alpha value is -1.43. The molecule has 16 heavy (non-hydrogen) atoms. The van der Waals surface area contributed by atoms with Crippen LogP contribution in [0.3, 0.4) is 0 Å². The van der Waals surface area contributed by atoms with Crippen LogP contribution in [0.15, 0.2) is 0 Å². The maximum Gasteiger partial charge on any atom is 0.319 e. The van der Waals surface area contributed by atoms with E-state index in [2.05, 4.69) is 4.74 Å². The summed E-state index contributed by atoms with van der Waals surface area (Å²) in [5.41, 5.74) is 0. The molecule has 0 bridgehead atoms. The minimum absolute atomic E-state index is 0.0323. The molecule has 1 saturated heterocycles. The zero-order valence-electron chi connectivity index (χ0n) is 9.73. The van der Waals surface area contributed by atoms with Crippen molar-refractivity contribution in [3.63, 3.8) is 0 Å². The molecule has 1 unspecified atom stereocenters. The van der Waals surface area contributed by atoms with Crippen LogP contribution < -0.4 is 0 Å².